The van der Waals surface area contributed by atoms with Crippen molar-refractivity contribution in [1.82, 2.24) is 9.47 Å². The first-order chi connectivity index (χ1) is 9.25. The smallest absolute Gasteiger partial charge is 0.411 e. The Morgan fingerprint density at radius 2 is 2.26 bits per heavy atom. The van der Waals surface area contributed by atoms with Crippen molar-refractivity contribution in [1.29, 1.82) is 0 Å². The maximum Gasteiger partial charge on any atom is 0.411 e. The molecule has 2 aromatic rings. The van der Waals surface area contributed by atoms with Gasteiger partial charge in [-0.05, 0) is 12.1 Å². The largest absolute Gasteiger partial charge is 0.465 e. The molecule has 94 valence electrons. The van der Waals surface area contributed by atoms with E-state index in [-0.39, 0.29) is 0 Å². The lowest BCUT2D eigenvalue weighted by Crippen LogP contribution is -2.25. The third-order valence-corrected chi connectivity index (χ3v) is 3.69. The molecule has 0 aliphatic carbocycles. The number of carbonyl (C=O) groups is 1. The zero-order valence-electron chi connectivity index (χ0n) is 10.1. The van der Waals surface area contributed by atoms with Crippen molar-refractivity contribution < 1.29 is 9.90 Å². The summed E-state index contributed by atoms with van der Waals surface area (Å²) < 4.78 is 2.20. The maximum atomic E-state index is 11.1. The first-order valence-electron chi connectivity index (χ1n) is 6.10. The van der Waals surface area contributed by atoms with Crippen molar-refractivity contribution in [2.75, 3.05) is 0 Å². The minimum Gasteiger partial charge on any atom is -0.465 e. The number of amides is 1. The van der Waals surface area contributed by atoms with E-state index in [9.17, 15) is 4.79 Å². The number of nitrogens with zero attached hydrogens (tertiary/aromatic N) is 3. The van der Waals surface area contributed by atoms with E-state index in [2.05, 4.69) is 9.56 Å². The molecule has 0 radical (unpaired) electrons. The molecule has 0 atom stereocenters. The topological polar surface area (TPSA) is 57.8 Å². The number of fused-ring (bicyclic) bond motifs is 3. The molecule has 1 aromatic heterocycles. The first kappa shape index (κ1) is 10.4. The quantitative estimate of drug-likeness (QED) is 0.784. The molecular weight excluding hydrogens is 242 g/mol. The van der Waals surface area contributed by atoms with Crippen LogP contribution < -0.4 is 0 Å². The third-order valence-electron chi connectivity index (χ3n) is 3.69. The van der Waals surface area contributed by atoms with Crippen LogP contribution in [0.2, 0.25) is 0 Å². The number of hydrogen-bond acceptors (Lipinski definition) is 2. The van der Waals surface area contributed by atoms with Crippen LogP contribution in [0.1, 0.15) is 11.3 Å². The Balaban J connectivity index is 2.02. The van der Waals surface area contributed by atoms with Gasteiger partial charge < -0.3 is 9.67 Å². The van der Waals surface area contributed by atoms with Crippen LogP contribution in [0.15, 0.2) is 29.4 Å². The van der Waals surface area contributed by atoms with Crippen molar-refractivity contribution in [2.24, 2.45) is 4.99 Å². The van der Waals surface area contributed by atoms with Gasteiger partial charge in [-0.1, -0.05) is 12.1 Å². The minimum absolute atomic E-state index is 0.397. The Labute approximate surface area is 109 Å². The predicted molar refractivity (Wildman–Crippen MR) is 72.7 cm³/mol. The minimum atomic E-state index is -0.926. The molecule has 1 aromatic carbocycles. The van der Waals surface area contributed by atoms with E-state index in [4.69, 9.17) is 5.11 Å². The van der Waals surface area contributed by atoms with Gasteiger partial charge in [-0.15, -0.1) is 0 Å². The number of carboxylic acid groups (broad SMARTS) is 1. The monoisotopic (exact) mass is 253 g/mol. The normalized spacial score (nSPS) is 15.9. The van der Waals surface area contributed by atoms with E-state index in [1.807, 2.05) is 30.5 Å². The van der Waals surface area contributed by atoms with Gasteiger partial charge in [0.25, 0.3) is 0 Å². The molecule has 4 rings (SSSR count). The molecule has 2 aliphatic rings. The van der Waals surface area contributed by atoms with Crippen molar-refractivity contribution in [3.63, 3.8) is 0 Å². The molecule has 0 fully saturated rings. The summed E-state index contributed by atoms with van der Waals surface area (Å²) in [5.74, 6) is 0. The highest BCUT2D eigenvalue weighted by Crippen LogP contribution is 2.37. The Bertz CT molecular complexity index is 771. The average Bonchev–Trinajstić information content (AvgIpc) is 2.76. The van der Waals surface area contributed by atoms with Crippen LogP contribution in [-0.4, -0.2) is 26.9 Å². The summed E-state index contributed by atoms with van der Waals surface area (Å²) in [7, 11) is 0. The second-order valence-corrected chi connectivity index (χ2v) is 4.69. The van der Waals surface area contributed by atoms with Crippen molar-refractivity contribution in [2.45, 2.75) is 13.1 Å². The SMILES string of the molecule is O=C(O)N1C=Cc2c(c3cccc4c3n2CC=N4)C1. The standard InChI is InChI=1S/C14H11N3O2/c18-14(19)16-6-4-12-10(8-16)9-2-1-3-11-13(9)17(12)7-5-15-11/h1-6H,7-8H2,(H,18,19). The summed E-state index contributed by atoms with van der Waals surface area (Å²) in [5.41, 5.74) is 4.21. The van der Waals surface area contributed by atoms with Gasteiger partial charge in [0, 0.05) is 29.1 Å². The van der Waals surface area contributed by atoms with Crippen molar-refractivity contribution in [3.8, 4) is 0 Å². The van der Waals surface area contributed by atoms with Crippen LogP contribution >= 0.6 is 0 Å². The maximum absolute atomic E-state index is 11.1. The van der Waals surface area contributed by atoms with Crippen LogP contribution in [0, 0.1) is 0 Å². The molecule has 2 aliphatic heterocycles. The van der Waals surface area contributed by atoms with E-state index in [0.717, 1.165) is 34.4 Å². The lowest BCUT2D eigenvalue weighted by Gasteiger charge is -2.19. The molecular formula is C14H11N3O2. The molecule has 5 nitrogen and oxygen atoms in total. The van der Waals surface area contributed by atoms with E-state index >= 15 is 0 Å². The molecule has 0 bridgehead atoms. The van der Waals surface area contributed by atoms with Gasteiger partial charge in [0.15, 0.2) is 0 Å². The van der Waals surface area contributed by atoms with Gasteiger partial charge >= 0.3 is 6.09 Å². The van der Waals surface area contributed by atoms with Crippen LogP contribution in [0.4, 0.5) is 10.5 Å². The fourth-order valence-electron chi connectivity index (χ4n) is 2.87. The molecule has 1 amide bonds. The molecule has 0 spiro atoms. The van der Waals surface area contributed by atoms with Gasteiger partial charge in [0.1, 0.15) is 0 Å². The molecule has 19 heavy (non-hydrogen) atoms. The Kier molecular flexibility index (Phi) is 1.90. The summed E-state index contributed by atoms with van der Waals surface area (Å²) in [6, 6.07) is 5.99. The molecule has 0 saturated heterocycles. The summed E-state index contributed by atoms with van der Waals surface area (Å²) in [6.45, 7) is 1.13. The molecule has 0 unspecified atom stereocenters. The van der Waals surface area contributed by atoms with E-state index in [1.165, 1.54) is 4.90 Å². The zero-order chi connectivity index (χ0) is 13.0. The van der Waals surface area contributed by atoms with Crippen molar-refractivity contribution >= 4 is 35.0 Å². The van der Waals surface area contributed by atoms with Gasteiger partial charge in [-0.2, -0.15) is 0 Å². The highest BCUT2D eigenvalue weighted by Gasteiger charge is 2.24. The second-order valence-electron chi connectivity index (χ2n) is 4.69. The van der Waals surface area contributed by atoms with Gasteiger partial charge in [0.05, 0.1) is 24.3 Å². The highest BCUT2D eigenvalue weighted by molar-refractivity contribution is 5.99. The second kappa shape index (κ2) is 3.47. The number of benzene rings is 1. The summed E-state index contributed by atoms with van der Waals surface area (Å²) in [5, 5.41) is 10.2. The number of hydrogen-bond donors (Lipinski definition) is 1. The van der Waals surface area contributed by atoms with Gasteiger partial charge in [-0.3, -0.25) is 9.89 Å². The molecule has 0 saturated carbocycles. The van der Waals surface area contributed by atoms with Crippen LogP contribution in [0.25, 0.3) is 17.0 Å². The molecule has 3 heterocycles. The lowest BCUT2D eigenvalue weighted by molar-refractivity contribution is 0.161. The zero-order valence-corrected chi connectivity index (χ0v) is 10.1. The number of rotatable bonds is 0. The first-order valence-corrected chi connectivity index (χ1v) is 6.10. The van der Waals surface area contributed by atoms with Crippen LogP contribution in [-0.2, 0) is 13.1 Å². The third kappa shape index (κ3) is 1.29. The number of aromatic nitrogens is 1. The van der Waals surface area contributed by atoms with Crippen molar-refractivity contribution in [3.05, 3.63) is 35.7 Å². The highest BCUT2D eigenvalue weighted by atomic mass is 16.4. The predicted octanol–water partition coefficient (Wildman–Crippen LogP) is 2.82. The molecule has 1 N–H and O–H groups in total. The van der Waals surface area contributed by atoms with E-state index in [1.54, 1.807) is 6.20 Å². The van der Waals surface area contributed by atoms with Gasteiger partial charge in [0.2, 0.25) is 0 Å². The number of para-hydroxylation sites is 1. The summed E-state index contributed by atoms with van der Waals surface area (Å²) in [4.78, 5) is 16.8. The Hall–Kier alpha value is -2.56. The average molecular weight is 253 g/mol. The molecule has 5 heteroatoms. The van der Waals surface area contributed by atoms with Crippen LogP contribution in [0.5, 0.6) is 0 Å². The Morgan fingerprint density at radius 3 is 3.11 bits per heavy atom. The Morgan fingerprint density at radius 1 is 1.37 bits per heavy atom. The fraction of sp³-hybridized carbons (Fsp3) is 0.143. The lowest BCUT2D eigenvalue weighted by atomic mass is 10.1. The fourth-order valence-corrected chi connectivity index (χ4v) is 2.87. The van der Waals surface area contributed by atoms with E-state index < -0.39 is 6.09 Å². The summed E-state index contributed by atoms with van der Waals surface area (Å²) in [6.07, 6.45) is 4.46. The van der Waals surface area contributed by atoms with E-state index in [0.29, 0.717) is 6.54 Å². The summed E-state index contributed by atoms with van der Waals surface area (Å²) >= 11 is 0. The van der Waals surface area contributed by atoms with Crippen LogP contribution in [0.3, 0.4) is 0 Å². The van der Waals surface area contributed by atoms with Gasteiger partial charge in [-0.25, -0.2) is 4.79 Å². The number of aliphatic imine (C=N–C) groups is 1.